The van der Waals surface area contributed by atoms with E-state index in [4.69, 9.17) is 4.42 Å². The summed E-state index contributed by atoms with van der Waals surface area (Å²) in [5.74, 6) is 0.405. The van der Waals surface area contributed by atoms with Crippen LogP contribution in [0.25, 0.3) is 6.08 Å². The van der Waals surface area contributed by atoms with Crippen LogP contribution in [0, 0.1) is 0 Å². The van der Waals surface area contributed by atoms with Crippen molar-refractivity contribution in [1.82, 2.24) is 4.98 Å². The zero-order valence-corrected chi connectivity index (χ0v) is 10.3. The Labute approximate surface area is 106 Å². The number of carbonyl (C=O) groups is 1. The number of hydrogen-bond donors (Lipinski definition) is 1. The number of amides is 1. The summed E-state index contributed by atoms with van der Waals surface area (Å²) < 4.78 is 5.81. The van der Waals surface area contributed by atoms with E-state index in [-0.39, 0.29) is 5.91 Å². The molecular weight excluding hydrogens is 284 g/mol. The molecule has 0 aromatic carbocycles. The summed E-state index contributed by atoms with van der Waals surface area (Å²) in [7, 11) is 0. The minimum absolute atomic E-state index is 0.228. The summed E-state index contributed by atoms with van der Waals surface area (Å²) in [6, 6.07) is 5.24. The van der Waals surface area contributed by atoms with Gasteiger partial charge in [0, 0.05) is 18.5 Å². The summed E-state index contributed by atoms with van der Waals surface area (Å²) in [4.78, 5) is 15.5. The largest absolute Gasteiger partial charge is 0.465 e. The van der Waals surface area contributed by atoms with E-state index >= 15 is 0 Å². The molecule has 0 aliphatic carbocycles. The number of carbonyl (C=O) groups excluding carboxylic acids is 1. The first kappa shape index (κ1) is 11.6. The second kappa shape index (κ2) is 5.45. The van der Waals surface area contributed by atoms with Crippen molar-refractivity contribution in [3.8, 4) is 0 Å². The van der Waals surface area contributed by atoms with Crippen LogP contribution in [0.5, 0.6) is 0 Å². The molecule has 0 bridgehead atoms. The van der Waals surface area contributed by atoms with Crippen LogP contribution in [0.1, 0.15) is 5.76 Å². The van der Waals surface area contributed by atoms with Gasteiger partial charge in [0.1, 0.15) is 5.76 Å². The molecule has 0 saturated carbocycles. The van der Waals surface area contributed by atoms with E-state index < -0.39 is 0 Å². The molecule has 0 radical (unpaired) electrons. The predicted octanol–water partition coefficient (Wildman–Crippen LogP) is 3.09. The van der Waals surface area contributed by atoms with Crippen LogP contribution in [-0.4, -0.2) is 10.9 Å². The van der Waals surface area contributed by atoms with Crippen LogP contribution in [0.4, 0.5) is 5.69 Å². The van der Waals surface area contributed by atoms with Gasteiger partial charge in [0.05, 0.1) is 16.4 Å². The summed E-state index contributed by atoms with van der Waals surface area (Å²) in [5.41, 5.74) is 0.675. The zero-order valence-electron chi connectivity index (χ0n) is 8.76. The van der Waals surface area contributed by atoms with Crippen LogP contribution < -0.4 is 5.32 Å². The molecule has 2 rings (SSSR count). The molecule has 0 unspecified atom stereocenters. The molecule has 86 valence electrons. The maximum Gasteiger partial charge on any atom is 0.248 e. The number of furan rings is 1. The Morgan fingerprint density at radius 2 is 2.35 bits per heavy atom. The molecule has 2 aromatic heterocycles. The van der Waals surface area contributed by atoms with E-state index in [1.54, 1.807) is 42.9 Å². The molecule has 0 saturated heterocycles. The third kappa shape index (κ3) is 3.29. The lowest BCUT2D eigenvalue weighted by molar-refractivity contribution is -0.111. The molecule has 1 amide bonds. The molecule has 2 aromatic rings. The Hall–Kier alpha value is -1.88. The first-order valence-corrected chi connectivity index (χ1v) is 5.67. The highest BCUT2D eigenvalue weighted by molar-refractivity contribution is 9.10. The van der Waals surface area contributed by atoms with Crippen LogP contribution in [0.3, 0.4) is 0 Å². The number of aromatic nitrogens is 1. The van der Waals surface area contributed by atoms with E-state index in [1.165, 1.54) is 6.08 Å². The van der Waals surface area contributed by atoms with Crippen molar-refractivity contribution < 1.29 is 9.21 Å². The van der Waals surface area contributed by atoms with Gasteiger partial charge in [0.15, 0.2) is 0 Å². The standard InChI is InChI=1S/C12H9BrN2O2/c13-10-8-14-6-5-11(10)15-12(16)4-3-9-2-1-7-17-9/h1-8H,(H,14,15,16)/b4-3+. The molecule has 0 atom stereocenters. The molecule has 1 N–H and O–H groups in total. The maximum atomic E-state index is 11.6. The maximum absolute atomic E-state index is 11.6. The fourth-order valence-corrected chi connectivity index (χ4v) is 1.54. The number of rotatable bonds is 3. The van der Waals surface area contributed by atoms with E-state index in [1.807, 2.05) is 0 Å². The number of nitrogens with zero attached hydrogens (tertiary/aromatic N) is 1. The fourth-order valence-electron chi connectivity index (χ4n) is 1.19. The van der Waals surface area contributed by atoms with E-state index in [0.29, 0.717) is 11.4 Å². The normalized spacial score (nSPS) is 10.6. The van der Waals surface area contributed by atoms with Crippen molar-refractivity contribution in [3.05, 3.63) is 53.2 Å². The molecule has 0 aliphatic heterocycles. The highest BCUT2D eigenvalue weighted by atomic mass is 79.9. The lowest BCUT2D eigenvalue weighted by Crippen LogP contribution is -2.08. The molecule has 0 aliphatic rings. The van der Waals surface area contributed by atoms with Crippen LogP contribution in [0.2, 0.25) is 0 Å². The van der Waals surface area contributed by atoms with Gasteiger partial charge in [-0.1, -0.05) is 0 Å². The first-order chi connectivity index (χ1) is 8.25. The number of nitrogens with one attached hydrogen (secondary N) is 1. The van der Waals surface area contributed by atoms with E-state index in [0.717, 1.165) is 4.47 Å². The second-order valence-electron chi connectivity index (χ2n) is 3.19. The highest BCUT2D eigenvalue weighted by Crippen LogP contribution is 2.19. The quantitative estimate of drug-likeness (QED) is 0.885. The smallest absolute Gasteiger partial charge is 0.248 e. The van der Waals surface area contributed by atoms with E-state index in [2.05, 4.69) is 26.2 Å². The summed E-state index contributed by atoms with van der Waals surface area (Å²) in [5, 5.41) is 2.72. The Morgan fingerprint density at radius 1 is 1.47 bits per heavy atom. The fraction of sp³-hybridized carbons (Fsp3) is 0. The molecule has 4 nitrogen and oxygen atoms in total. The highest BCUT2D eigenvalue weighted by Gasteiger charge is 2.01. The summed E-state index contributed by atoms with van der Waals surface area (Å²) in [6.45, 7) is 0. The molecular formula is C12H9BrN2O2. The number of halogens is 1. The van der Waals surface area contributed by atoms with Crippen molar-refractivity contribution in [2.45, 2.75) is 0 Å². The molecule has 0 spiro atoms. The minimum Gasteiger partial charge on any atom is -0.465 e. The Balaban J connectivity index is 2.01. The van der Waals surface area contributed by atoms with Gasteiger partial charge in [-0.2, -0.15) is 0 Å². The van der Waals surface area contributed by atoms with Crippen LogP contribution >= 0.6 is 15.9 Å². The molecule has 0 fully saturated rings. The Kier molecular flexibility index (Phi) is 3.72. The van der Waals surface area contributed by atoms with Crippen molar-refractivity contribution in [3.63, 3.8) is 0 Å². The topological polar surface area (TPSA) is 55.1 Å². The summed E-state index contributed by atoms with van der Waals surface area (Å²) in [6.07, 6.45) is 7.79. The average molecular weight is 293 g/mol. The third-order valence-corrected chi connectivity index (χ3v) is 2.60. The van der Waals surface area contributed by atoms with Gasteiger partial charge in [-0.05, 0) is 40.2 Å². The lowest BCUT2D eigenvalue weighted by Gasteiger charge is -2.03. The Bertz CT molecular complexity index is 535. The lowest BCUT2D eigenvalue weighted by atomic mass is 10.3. The van der Waals surface area contributed by atoms with Gasteiger partial charge in [-0.15, -0.1) is 0 Å². The molecule has 2 heterocycles. The van der Waals surface area contributed by atoms with Crippen molar-refractivity contribution in [2.75, 3.05) is 5.32 Å². The SMILES string of the molecule is O=C(/C=C/c1ccco1)Nc1ccncc1Br. The molecule has 17 heavy (non-hydrogen) atoms. The first-order valence-electron chi connectivity index (χ1n) is 4.88. The second-order valence-corrected chi connectivity index (χ2v) is 4.05. The monoisotopic (exact) mass is 292 g/mol. The van der Waals surface area contributed by atoms with Gasteiger partial charge < -0.3 is 9.73 Å². The molecule has 5 heteroatoms. The van der Waals surface area contributed by atoms with Gasteiger partial charge in [-0.3, -0.25) is 9.78 Å². The van der Waals surface area contributed by atoms with Crippen molar-refractivity contribution in [1.29, 1.82) is 0 Å². The Morgan fingerprint density at radius 3 is 3.06 bits per heavy atom. The van der Waals surface area contributed by atoms with Crippen molar-refractivity contribution >= 4 is 33.6 Å². The summed E-state index contributed by atoms with van der Waals surface area (Å²) >= 11 is 3.29. The van der Waals surface area contributed by atoms with Gasteiger partial charge in [0.25, 0.3) is 0 Å². The van der Waals surface area contributed by atoms with Crippen LogP contribution in [-0.2, 0) is 4.79 Å². The van der Waals surface area contributed by atoms with Gasteiger partial charge in [-0.25, -0.2) is 0 Å². The predicted molar refractivity (Wildman–Crippen MR) is 68.3 cm³/mol. The van der Waals surface area contributed by atoms with E-state index in [9.17, 15) is 4.79 Å². The van der Waals surface area contributed by atoms with Crippen molar-refractivity contribution in [2.24, 2.45) is 0 Å². The van der Waals surface area contributed by atoms with Gasteiger partial charge in [0.2, 0.25) is 5.91 Å². The number of anilines is 1. The van der Waals surface area contributed by atoms with Gasteiger partial charge >= 0.3 is 0 Å². The average Bonchev–Trinajstić information content (AvgIpc) is 2.82. The number of hydrogen-bond acceptors (Lipinski definition) is 3. The zero-order chi connectivity index (χ0) is 12.1. The minimum atomic E-state index is -0.228. The third-order valence-electron chi connectivity index (χ3n) is 1.97. The van der Waals surface area contributed by atoms with Crippen LogP contribution in [0.15, 0.2) is 51.8 Å². The number of pyridine rings is 1.